The molecule has 0 aliphatic carbocycles. The topological polar surface area (TPSA) is 75.3 Å². The predicted molar refractivity (Wildman–Crippen MR) is 105 cm³/mol. The fraction of sp³-hybridized carbons (Fsp3) is 0.316. The lowest BCUT2D eigenvalue weighted by Gasteiger charge is -2.15. The van der Waals surface area contributed by atoms with Crippen molar-refractivity contribution in [3.8, 4) is 0 Å². The first-order chi connectivity index (χ1) is 12.2. The molecule has 2 N–H and O–H groups in total. The van der Waals surface area contributed by atoms with Crippen LogP contribution in [0.2, 0.25) is 5.02 Å². The lowest BCUT2D eigenvalue weighted by Crippen LogP contribution is -2.32. The number of hydrogen-bond donors (Lipinski definition) is 2. The molecule has 0 saturated carbocycles. The van der Waals surface area contributed by atoms with Gasteiger partial charge in [-0.3, -0.25) is 9.52 Å². The van der Waals surface area contributed by atoms with Gasteiger partial charge in [-0.05, 0) is 50.6 Å². The molecule has 0 aromatic heterocycles. The number of carbonyl (C=O) groups is 1. The second kappa shape index (κ2) is 8.56. The van der Waals surface area contributed by atoms with Crippen LogP contribution in [0, 0.1) is 6.92 Å². The van der Waals surface area contributed by atoms with Crippen LogP contribution in [0.4, 0.5) is 5.69 Å². The van der Waals surface area contributed by atoms with Crippen LogP contribution in [0.5, 0.6) is 0 Å². The van der Waals surface area contributed by atoms with Gasteiger partial charge in [0.1, 0.15) is 0 Å². The van der Waals surface area contributed by atoms with E-state index in [0.717, 1.165) is 18.4 Å². The zero-order valence-corrected chi connectivity index (χ0v) is 16.6. The van der Waals surface area contributed by atoms with Crippen molar-refractivity contribution in [2.75, 3.05) is 4.72 Å². The van der Waals surface area contributed by atoms with E-state index in [2.05, 4.69) is 10.0 Å². The molecule has 0 bridgehead atoms. The molecular weight excluding hydrogens is 372 g/mol. The molecule has 2 aromatic rings. The monoisotopic (exact) mass is 394 g/mol. The molecule has 5 nitrogen and oxygen atoms in total. The molecule has 0 aliphatic heterocycles. The quantitative estimate of drug-likeness (QED) is 0.732. The lowest BCUT2D eigenvalue weighted by atomic mass is 10.1. The van der Waals surface area contributed by atoms with Crippen molar-refractivity contribution in [2.24, 2.45) is 0 Å². The molecule has 1 atom stereocenters. The molecule has 140 valence electrons. The van der Waals surface area contributed by atoms with E-state index < -0.39 is 10.0 Å². The molecular formula is C19H23ClN2O3S. The predicted octanol–water partition coefficient (Wildman–Crippen LogP) is 4.37. The maximum atomic E-state index is 12.5. The first kappa shape index (κ1) is 20.3. The molecule has 1 amide bonds. The van der Waals surface area contributed by atoms with E-state index in [-0.39, 0.29) is 33.1 Å². The highest BCUT2D eigenvalue weighted by Crippen LogP contribution is 2.23. The van der Waals surface area contributed by atoms with E-state index in [4.69, 9.17) is 11.6 Å². The van der Waals surface area contributed by atoms with Crippen LogP contribution < -0.4 is 10.0 Å². The van der Waals surface area contributed by atoms with Crippen molar-refractivity contribution in [2.45, 2.75) is 44.6 Å². The Bertz CT molecular complexity index is 880. The number of rotatable bonds is 7. The van der Waals surface area contributed by atoms with Gasteiger partial charge in [-0.15, -0.1) is 0 Å². The van der Waals surface area contributed by atoms with Gasteiger partial charge in [0.2, 0.25) is 0 Å². The third-order valence-electron chi connectivity index (χ3n) is 3.89. The normalized spacial score (nSPS) is 12.5. The highest BCUT2D eigenvalue weighted by molar-refractivity contribution is 7.92. The summed E-state index contributed by atoms with van der Waals surface area (Å²) in [6.45, 7) is 5.84. The van der Waals surface area contributed by atoms with E-state index in [1.807, 2.05) is 20.8 Å². The number of anilines is 1. The Morgan fingerprint density at radius 2 is 1.81 bits per heavy atom. The molecule has 0 radical (unpaired) electrons. The molecule has 2 aromatic carbocycles. The summed E-state index contributed by atoms with van der Waals surface area (Å²) < 4.78 is 27.5. The maximum absolute atomic E-state index is 12.5. The van der Waals surface area contributed by atoms with Gasteiger partial charge in [0, 0.05) is 11.7 Å². The number of benzene rings is 2. The largest absolute Gasteiger partial charge is 0.350 e. The fourth-order valence-electron chi connectivity index (χ4n) is 2.50. The maximum Gasteiger partial charge on any atom is 0.261 e. The van der Waals surface area contributed by atoms with Crippen LogP contribution >= 0.6 is 11.6 Å². The summed E-state index contributed by atoms with van der Waals surface area (Å²) in [4.78, 5) is 12.6. The van der Waals surface area contributed by atoms with Gasteiger partial charge in [-0.1, -0.05) is 42.6 Å². The van der Waals surface area contributed by atoms with Crippen LogP contribution in [0.25, 0.3) is 0 Å². The zero-order valence-electron chi connectivity index (χ0n) is 15.0. The van der Waals surface area contributed by atoms with Crippen LogP contribution in [-0.2, 0) is 10.0 Å². The summed E-state index contributed by atoms with van der Waals surface area (Å²) in [5, 5.41) is 3.13. The summed E-state index contributed by atoms with van der Waals surface area (Å²) in [5.41, 5.74) is 1.48. The van der Waals surface area contributed by atoms with E-state index in [1.165, 1.54) is 30.3 Å². The van der Waals surface area contributed by atoms with Crippen molar-refractivity contribution in [1.82, 2.24) is 5.32 Å². The van der Waals surface area contributed by atoms with Crippen molar-refractivity contribution in [1.29, 1.82) is 0 Å². The molecule has 2 rings (SSSR count). The third kappa shape index (κ3) is 5.22. The number of amides is 1. The highest BCUT2D eigenvalue weighted by Gasteiger charge is 2.17. The summed E-state index contributed by atoms with van der Waals surface area (Å²) in [6.07, 6.45) is 1.80. The molecule has 0 spiro atoms. The molecule has 7 heteroatoms. The smallest absolute Gasteiger partial charge is 0.261 e. The van der Waals surface area contributed by atoms with Crippen molar-refractivity contribution >= 4 is 33.2 Å². The Labute approximate surface area is 159 Å². The zero-order chi connectivity index (χ0) is 19.3. The average molecular weight is 395 g/mol. The van der Waals surface area contributed by atoms with Crippen LogP contribution in [-0.4, -0.2) is 20.4 Å². The van der Waals surface area contributed by atoms with E-state index >= 15 is 0 Å². The highest BCUT2D eigenvalue weighted by atomic mass is 35.5. The number of nitrogens with one attached hydrogen (secondary N) is 2. The Morgan fingerprint density at radius 3 is 2.42 bits per heavy atom. The fourth-order valence-corrected chi connectivity index (χ4v) is 3.75. The first-order valence-electron chi connectivity index (χ1n) is 8.43. The van der Waals surface area contributed by atoms with Gasteiger partial charge >= 0.3 is 0 Å². The van der Waals surface area contributed by atoms with Gasteiger partial charge in [-0.25, -0.2) is 8.42 Å². The Balaban J connectivity index is 2.23. The standard InChI is InChI=1S/C19H23ClN2O3S/c1-4-5-14(3)21-19(23)17-12-15(8-11-18(17)20)22-26(24,25)16-9-6-13(2)7-10-16/h6-12,14,22H,4-5H2,1-3H3,(H,21,23)/t14-/m0/s1. The van der Waals surface area contributed by atoms with Crippen LogP contribution in [0.1, 0.15) is 42.6 Å². The third-order valence-corrected chi connectivity index (χ3v) is 5.62. The van der Waals surface area contributed by atoms with Gasteiger partial charge in [0.15, 0.2) is 0 Å². The summed E-state index contributed by atoms with van der Waals surface area (Å²) in [6, 6.07) is 11.0. The van der Waals surface area contributed by atoms with Crippen molar-refractivity contribution in [3.63, 3.8) is 0 Å². The van der Waals surface area contributed by atoms with Crippen molar-refractivity contribution in [3.05, 3.63) is 58.6 Å². The Kier molecular flexibility index (Phi) is 6.67. The number of halogens is 1. The van der Waals surface area contributed by atoms with E-state index in [1.54, 1.807) is 12.1 Å². The van der Waals surface area contributed by atoms with E-state index in [0.29, 0.717) is 0 Å². The molecule has 0 fully saturated rings. The Hall–Kier alpha value is -2.05. The minimum atomic E-state index is -3.74. The van der Waals surface area contributed by atoms with Gasteiger partial charge in [0.05, 0.1) is 15.5 Å². The second-order valence-electron chi connectivity index (χ2n) is 6.28. The van der Waals surface area contributed by atoms with Crippen LogP contribution in [0.15, 0.2) is 47.4 Å². The molecule has 0 saturated heterocycles. The summed E-state index contributed by atoms with van der Waals surface area (Å²) in [5.74, 6) is -0.327. The minimum Gasteiger partial charge on any atom is -0.350 e. The molecule has 0 unspecified atom stereocenters. The molecule has 26 heavy (non-hydrogen) atoms. The minimum absolute atomic E-state index is 0.0106. The van der Waals surface area contributed by atoms with Gasteiger partial charge in [0.25, 0.3) is 15.9 Å². The van der Waals surface area contributed by atoms with Gasteiger partial charge < -0.3 is 5.32 Å². The Morgan fingerprint density at radius 1 is 1.15 bits per heavy atom. The SMILES string of the molecule is CCC[C@H](C)NC(=O)c1cc(NS(=O)(=O)c2ccc(C)cc2)ccc1Cl. The number of aryl methyl sites for hydroxylation is 1. The summed E-state index contributed by atoms with van der Waals surface area (Å²) >= 11 is 6.12. The number of hydrogen-bond acceptors (Lipinski definition) is 3. The second-order valence-corrected chi connectivity index (χ2v) is 8.37. The summed E-state index contributed by atoms with van der Waals surface area (Å²) in [7, 11) is -3.74. The molecule has 0 aliphatic rings. The first-order valence-corrected chi connectivity index (χ1v) is 10.3. The van der Waals surface area contributed by atoms with Crippen molar-refractivity contribution < 1.29 is 13.2 Å². The molecule has 0 heterocycles. The average Bonchev–Trinajstić information content (AvgIpc) is 2.57. The number of sulfonamides is 1. The van der Waals surface area contributed by atoms with Gasteiger partial charge in [-0.2, -0.15) is 0 Å². The lowest BCUT2D eigenvalue weighted by molar-refractivity contribution is 0.0938. The number of carbonyl (C=O) groups excluding carboxylic acids is 1. The van der Waals surface area contributed by atoms with E-state index in [9.17, 15) is 13.2 Å². The van der Waals surface area contributed by atoms with Crippen LogP contribution in [0.3, 0.4) is 0 Å².